The highest BCUT2D eigenvalue weighted by atomic mass is 32.2. The molecule has 2 N–H and O–H groups in total. The Balaban J connectivity index is 2.05. The van der Waals surface area contributed by atoms with E-state index in [1.54, 1.807) is 11.8 Å². The quantitative estimate of drug-likeness (QED) is 0.930. The maximum atomic E-state index is 6.11. The summed E-state index contributed by atoms with van der Waals surface area (Å²) in [7, 11) is 0. The van der Waals surface area contributed by atoms with Crippen LogP contribution in [0.3, 0.4) is 0 Å². The van der Waals surface area contributed by atoms with Crippen molar-refractivity contribution in [1.29, 1.82) is 0 Å². The van der Waals surface area contributed by atoms with Crippen molar-refractivity contribution in [1.82, 2.24) is 10.1 Å². The second kappa shape index (κ2) is 5.75. The highest BCUT2D eigenvalue weighted by Gasteiger charge is 2.18. The monoisotopic (exact) mass is 277 g/mol. The van der Waals surface area contributed by atoms with Crippen LogP contribution in [0.4, 0.5) is 0 Å². The summed E-state index contributed by atoms with van der Waals surface area (Å²) in [6.07, 6.45) is 0. The van der Waals surface area contributed by atoms with Crippen molar-refractivity contribution < 1.29 is 4.52 Å². The molecule has 0 aliphatic rings. The number of benzene rings is 1. The van der Waals surface area contributed by atoms with Gasteiger partial charge in [0.25, 0.3) is 0 Å². The van der Waals surface area contributed by atoms with Crippen LogP contribution in [-0.2, 0) is 5.75 Å². The second-order valence-electron chi connectivity index (χ2n) is 5.34. The molecule has 1 aromatic heterocycles. The van der Waals surface area contributed by atoms with Gasteiger partial charge in [-0.05, 0) is 5.56 Å². The molecule has 1 aromatic carbocycles. The SMILES string of the molecule is CC(C)(C)SCc1noc(C(N)c2ccccc2)n1. The van der Waals surface area contributed by atoms with E-state index in [1.165, 1.54) is 0 Å². The van der Waals surface area contributed by atoms with Crippen LogP contribution in [0.2, 0.25) is 0 Å². The predicted octanol–water partition coefficient (Wildman–Crippen LogP) is 3.15. The van der Waals surface area contributed by atoms with Crippen molar-refractivity contribution in [2.24, 2.45) is 5.73 Å². The zero-order chi connectivity index (χ0) is 13.9. The summed E-state index contributed by atoms with van der Waals surface area (Å²) in [5.41, 5.74) is 7.08. The van der Waals surface area contributed by atoms with E-state index >= 15 is 0 Å². The van der Waals surface area contributed by atoms with Gasteiger partial charge in [-0.3, -0.25) is 0 Å². The molecule has 1 unspecified atom stereocenters. The Morgan fingerprint density at radius 2 is 1.95 bits per heavy atom. The molecule has 0 saturated carbocycles. The van der Waals surface area contributed by atoms with Crippen LogP contribution in [0.1, 0.15) is 44.1 Å². The molecule has 2 rings (SSSR count). The first kappa shape index (κ1) is 14.1. The molecule has 0 aliphatic heterocycles. The van der Waals surface area contributed by atoms with E-state index in [9.17, 15) is 0 Å². The van der Waals surface area contributed by atoms with Crippen molar-refractivity contribution in [3.63, 3.8) is 0 Å². The topological polar surface area (TPSA) is 64.9 Å². The number of hydrogen-bond donors (Lipinski definition) is 1. The summed E-state index contributed by atoms with van der Waals surface area (Å²) in [5, 5.41) is 3.98. The lowest BCUT2D eigenvalue weighted by atomic mass is 10.1. The molecule has 5 heteroatoms. The molecule has 0 amide bonds. The summed E-state index contributed by atoms with van der Waals surface area (Å²) in [5.74, 6) is 1.89. The van der Waals surface area contributed by atoms with Gasteiger partial charge in [0.1, 0.15) is 6.04 Å². The maximum absolute atomic E-state index is 6.11. The number of nitrogens with zero attached hydrogens (tertiary/aromatic N) is 2. The van der Waals surface area contributed by atoms with E-state index in [-0.39, 0.29) is 10.8 Å². The van der Waals surface area contributed by atoms with Gasteiger partial charge in [-0.1, -0.05) is 56.3 Å². The number of thioether (sulfide) groups is 1. The van der Waals surface area contributed by atoms with Gasteiger partial charge in [0, 0.05) is 4.75 Å². The predicted molar refractivity (Wildman–Crippen MR) is 77.8 cm³/mol. The van der Waals surface area contributed by atoms with Crippen LogP contribution in [0, 0.1) is 0 Å². The molecule has 19 heavy (non-hydrogen) atoms. The molecule has 2 aromatic rings. The first-order valence-corrected chi connectivity index (χ1v) is 7.21. The molecule has 0 fully saturated rings. The smallest absolute Gasteiger partial charge is 0.248 e. The average Bonchev–Trinajstić information content (AvgIpc) is 2.84. The lowest BCUT2D eigenvalue weighted by molar-refractivity contribution is 0.363. The highest BCUT2D eigenvalue weighted by Crippen LogP contribution is 2.26. The summed E-state index contributed by atoms with van der Waals surface area (Å²) >= 11 is 1.78. The van der Waals surface area contributed by atoms with Crippen LogP contribution in [0.25, 0.3) is 0 Å². The van der Waals surface area contributed by atoms with E-state index in [4.69, 9.17) is 10.3 Å². The third kappa shape index (κ3) is 4.08. The van der Waals surface area contributed by atoms with Gasteiger partial charge in [0.15, 0.2) is 5.82 Å². The number of hydrogen-bond acceptors (Lipinski definition) is 5. The van der Waals surface area contributed by atoms with Crippen LogP contribution >= 0.6 is 11.8 Å². The lowest BCUT2D eigenvalue weighted by Crippen LogP contribution is -2.12. The molecule has 4 nitrogen and oxygen atoms in total. The largest absolute Gasteiger partial charge is 0.337 e. The van der Waals surface area contributed by atoms with Gasteiger partial charge >= 0.3 is 0 Å². The minimum Gasteiger partial charge on any atom is -0.337 e. The molecule has 0 radical (unpaired) electrons. The zero-order valence-electron chi connectivity index (χ0n) is 11.5. The fraction of sp³-hybridized carbons (Fsp3) is 0.429. The standard InChI is InChI=1S/C14H19N3OS/c1-14(2,3)19-9-11-16-13(18-17-11)12(15)10-7-5-4-6-8-10/h4-8,12H,9,15H2,1-3H3. The molecule has 0 bridgehead atoms. The van der Waals surface area contributed by atoms with Crippen LogP contribution in [-0.4, -0.2) is 14.9 Å². The Hall–Kier alpha value is -1.33. The zero-order valence-corrected chi connectivity index (χ0v) is 12.3. The minimum atomic E-state index is -0.359. The fourth-order valence-electron chi connectivity index (χ4n) is 1.54. The summed E-state index contributed by atoms with van der Waals surface area (Å²) in [6.45, 7) is 6.48. The lowest BCUT2D eigenvalue weighted by Gasteiger charge is -2.15. The molecular weight excluding hydrogens is 258 g/mol. The Kier molecular flexibility index (Phi) is 4.27. The number of nitrogens with two attached hydrogens (primary N) is 1. The third-order valence-electron chi connectivity index (χ3n) is 2.54. The molecular formula is C14H19N3OS. The van der Waals surface area contributed by atoms with Crippen molar-refractivity contribution in [3.05, 3.63) is 47.6 Å². The van der Waals surface area contributed by atoms with E-state index in [0.29, 0.717) is 11.7 Å². The van der Waals surface area contributed by atoms with Gasteiger partial charge in [0.2, 0.25) is 5.89 Å². The van der Waals surface area contributed by atoms with E-state index < -0.39 is 0 Å². The summed E-state index contributed by atoms with van der Waals surface area (Å²) < 4.78 is 5.43. The van der Waals surface area contributed by atoms with Gasteiger partial charge in [-0.25, -0.2) is 0 Å². The first-order valence-electron chi connectivity index (χ1n) is 6.23. The van der Waals surface area contributed by atoms with E-state index in [2.05, 4.69) is 30.9 Å². The van der Waals surface area contributed by atoms with Crippen molar-refractivity contribution in [2.75, 3.05) is 0 Å². The summed E-state index contributed by atoms with van der Waals surface area (Å²) in [4.78, 5) is 4.37. The van der Waals surface area contributed by atoms with Gasteiger partial charge in [-0.2, -0.15) is 4.98 Å². The normalized spacial score (nSPS) is 13.5. The van der Waals surface area contributed by atoms with Gasteiger partial charge < -0.3 is 10.3 Å². The molecule has 1 heterocycles. The molecule has 0 spiro atoms. The van der Waals surface area contributed by atoms with Crippen LogP contribution < -0.4 is 5.73 Å². The number of rotatable bonds is 4. The Labute approximate surface area is 117 Å². The minimum absolute atomic E-state index is 0.183. The third-order valence-corrected chi connectivity index (χ3v) is 3.81. The van der Waals surface area contributed by atoms with E-state index in [1.807, 2.05) is 30.3 Å². The average molecular weight is 277 g/mol. The Morgan fingerprint density at radius 1 is 1.26 bits per heavy atom. The first-order chi connectivity index (χ1) is 8.96. The number of aromatic nitrogens is 2. The van der Waals surface area contributed by atoms with Crippen LogP contribution in [0.15, 0.2) is 34.9 Å². The highest BCUT2D eigenvalue weighted by molar-refractivity contribution is 7.99. The molecule has 0 aliphatic carbocycles. The fourth-order valence-corrected chi connectivity index (χ4v) is 2.22. The van der Waals surface area contributed by atoms with Crippen molar-refractivity contribution >= 4 is 11.8 Å². The van der Waals surface area contributed by atoms with E-state index in [0.717, 1.165) is 11.3 Å². The van der Waals surface area contributed by atoms with Crippen molar-refractivity contribution in [3.8, 4) is 0 Å². The molecule has 102 valence electrons. The van der Waals surface area contributed by atoms with Gasteiger partial charge in [-0.15, -0.1) is 11.8 Å². The Bertz CT molecular complexity index is 519. The summed E-state index contributed by atoms with van der Waals surface area (Å²) in [6, 6.07) is 9.40. The second-order valence-corrected chi connectivity index (χ2v) is 7.14. The van der Waals surface area contributed by atoms with Gasteiger partial charge in [0.05, 0.1) is 5.75 Å². The van der Waals surface area contributed by atoms with Crippen LogP contribution in [0.5, 0.6) is 0 Å². The maximum Gasteiger partial charge on any atom is 0.248 e. The van der Waals surface area contributed by atoms with Crippen molar-refractivity contribution in [2.45, 2.75) is 37.3 Å². The Morgan fingerprint density at radius 3 is 2.58 bits per heavy atom. The molecule has 0 saturated heterocycles. The molecule has 1 atom stereocenters.